The molecule has 0 atom stereocenters. The van der Waals surface area contributed by atoms with E-state index in [4.69, 9.17) is 4.74 Å². The third kappa shape index (κ3) is 2.46. The van der Waals surface area contributed by atoms with Gasteiger partial charge in [-0.3, -0.25) is 4.98 Å². The van der Waals surface area contributed by atoms with Crippen LogP contribution in [0.1, 0.15) is 10.5 Å². The number of halogens is 2. The summed E-state index contributed by atoms with van der Waals surface area (Å²) in [4.78, 5) is 16.2. The van der Waals surface area contributed by atoms with Gasteiger partial charge in [0.25, 0.3) is 0 Å². The molecule has 0 saturated carbocycles. The Hall–Kier alpha value is -1.38. The van der Waals surface area contributed by atoms with Gasteiger partial charge in [0.15, 0.2) is 11.4 Å². The van der Waals surface area contributed by atoms with E-state index in [1.54, 1.807) is 6.20 Å². The molecule has 8 heteroatoms. The minimum atomic E-state index is -0.561. The molecule has 0 amide bonds. The van der Waals surface area contributed by atoms with Gasteiger partial charge in [-0.25, -0.2) is 4.79 Å². The van der Waals surface area contributed by atoms with Crippen molar-refractivity contribution in [2.75, 3.05) is 0 Å². The molecule has 3 rings (SSSR count). The Kier molecular flexibility index (Phi) is 3.77. The zero-order valence-corrected chi connectivity index (χ0v) is 13.7. The van der Waals surface area contributed by atoms with Crippen LogP contribution < -0.4 is 4.74 Å². The Balaban J connectivity index is 2.10. The highest BCUT2D eigenvalue weighted by molar-refractivity contribution is 9.11. The fourth-order valence-corrected chi connectivity index (χ4v) is 3.42. The Morgan fingerprint density at radius 1 is 1.30 bits per heavy atom. The third-order valence-corrected chi connectivity index (χ3v) is 4.26. The van der Waals surface area contributed by atoms with E-state index < -0.39 is 5.97 Å². The van der Waals surface area contributed by atoms with Crippen LogP contribution in [0.25, 0.3) is 10.9 Å². The first kappa shape index (κ1) is 13.6. The second kappa shape index (κ2) is 5.55. The number of ether oxygens (including phenoxy) is 1. The Bertz CT molecular complexity index is 793. The number of nitrogens with zero attached hydrogens (tertiary/aromatic N) is 3. The maximum atomic E-state index is 12.0. The number of carbonyl (C=O) groups is 1. The summed E-state index contributed by atoms with van der Waals surface area (Å²) in [5, 5.41) is 6.08. The number of aromatic nitrogens is 3. The summed E-state index contributed by atoms with van der Waals surface area (Å²) >= 11 is 7.93. The van der Waals surface area contributed by atoms with Gasteiger partial charge in [0, 0.05) is 21.4 Å². The van der Waals surface area contributed by atoms with Crippen LogP contribution in [0, 0.1) is 0 Å². The van der Waals surface area contributed by atoms with Gasteiger partial charge >= 0.3 is 5.97 Å². The van der Waals surface area contributed by atoms with Crippen molar-refractivity contribution < 1.29 is 9.53 Å². The zero-order chi connectivity index (χ0) is 14.1. The molecule has 0 aliphatic heterocycles. The average Bonchev–Trinajstić information content (AvgIpc) is 2.97. The molecule has 0 unspecified atom stereocenters. The Morgan fingerprint density at radius 2 is 2.15 bits per heavy atom. The molecule has 100 valence electrons. The van der Waals surface area contributed by atoms with E-state index in [-0.39, 0.29) is 5.69 Å². The third-order valence-electron chi connectivity index (χ3n) is 2.51. The molecule has 2 heterocycles. The summed E-state index contributed by atoms with van der Waals surface area (Å²) in [6, 6.07) is 5.52. The van der Waals surface area contributed by atoms with Crippen LogP contribution >= 0.6 is 43.4 Å². The van der Waals surface area contributed by atoms with Crippen molar-refractivity contribution in [1.82, 2.24) is 14.6 Å². The molecule has 0 aliphatic carbocycles. The second-order valence-corrected chi connectivity index (χ2v) is 6.07. The summed E-state index contributed by atoms with van der Waals surface area (Å²) in [5.41, 5.74) is 0.763. The van der Waals surface area contributed by atoms with Crippen molar-refractivity contribution in [3.05, 3.63) is 44.4 Å². The van der Waals surface area contributed by atoms with Crippen LogP contribution in [0.5, 0.6) is 5.75 Å². The molecule has 0 aliphatic rings. The molecule has 3 aromatic rings. The topological polar surface area (TPSA) is 65.0 Å². The number of esters is 1. The van der Waals surface area contributed by atoms with Gasteiger partial charge in [-0.2, -0.15) is 0 Å². The summed E-state index contributed by atoms with van der Waals surface area (Å²) in [6.07, 6.45) is 1.64. The molecule has 20 heavy (non-hydrogen) atoms. The average molecular weight is 415 g/mol. The molecule has 0 fully saturated rings. The Morgan fingerprint density at radius 3 is 2.90 bits per heavy atom. The molecular weight excluding hydrogens is 410 g/mol. The number of hydrogen-bond acceptors (Lipinski definition) is 6. The maximum Gasteiger partial charge on any atom is 0.365 e. The summed E-state index contributed by atoms with van der Waals surface area (Å²) in [6.45, 7) is 0. The highest BCUT2D eigenvalue weighted by Crippen LogP contribution is 2.37. The van der Waals surface area contributed by atoms with E-state index in [1.807, 2.05) is 18.2 Å². The molecule has 0 saturated heterocycles. The Labute approximate surface area is 134 Å². The molecule has 0 spiro atoms. The van der Waals surface area contributed by atoms with Gasteiger partial charge in [-0.1, -0.05) is 26.5 Å². The first-order valence-electron chi connectivity index (χ1n) is 5.39. The van der Waals surface area contributed by atoms with Crippen LogP contribution in [0.15, 0.2) is 38.7 Å². The predicted octanol–water partition coefficient (Wildman–Crippen LogP) is 3.83. The van der Waals surface area contributed by atoms with Gasteiger partial charge in [-0.05, 0) is 39.6 Å². The molecule has 5 nitrogen and oxygen atoms in total. The highest BCUT2D eigenvalue weighted by atomic mass is 79.9. The fourth-order valence-electron chi connectivity index (χ4n) is 1.64. The number of pyridine rings is 1. The molecule has 1 aromatic carbocycles. The lowest BCUT2D eigenvalue weighted by molar-refractivity contribution is 0.0729. The predicted molar refractivity (Wildman–Crippen MR) is 82.0 cm³/mol. The minimum absolute atomic E-state index is 0.175. The van der Waals surface area contributed by atoms with E-state index in [9.17, 15) is 4.79 Å². The smallest absolute Gasteiger partial charge is 0.365 e. The summed E-state index contributed by atoms with van der Waals surface area (Å²) < 4.78 is 10.5. The number of carbonyl (C=O) groups excluding carboxylic acids is 1. The second-order valence-electron chi connectivity index (χ2n) is 3.75. The maximum absolute atomic E-state index is 12.0. The van der Waals surface area contributed by atoms with Crippen molar-refractivity contribution in [1.29, 1.82) is 0 Å². The number of rotatable bonds is 2. The van der Waals surface area contributed by atoms with Crippen LogP contribution in [0.2, 0.25) is 0 Å². The zero-order valence-electron chi connectivity index (χ0n) is 9.71. The van der Waals surface area contributed by atoms with Crippen molar-refractivity contribution in [2.24, 2.45) is 0 Å². The fraction of sp³-hybridized carbons (Fsp3) is 0. The van der Waals surface area contributed by atoms with E-state index in [1.165, 1.54) is 5.38 Å². The van der Waals surface area contributed by atoms with Crippen LogP contribution in [-0.2, 0) is 0 Å². The van der Waals surface area contributed by atoms with Crippen LogP contribution in [0.3, 0.4) is 0 Å². The number of benzene rings is 1. The highest BCUT2D eigenvalue weighted by Gasteiger charge is 2.18. The first-order chi connectivity index (χ1) is 9.66. The lowest BCUT2D eigenvalue weighted by atomic mass is 10.2. The standard InChI is InChI=1S/C12H5Br2N3O2S/c13-7-4-8(14)11(10-6(7)2-1-3-15-10)19-12(18)9-5-20-17-16-9/h1-5H. The largest absolute Gasteiger partial charge is 0.418 e. The van der Waals surface area contributed by atoms with E-state index >= 15 is 0 Å². The van der Waals surface area contributed by atoms with Crippen molar-refractivity contribution in [3.63, 3.8) is 0 Å². The molecule has 2 aromatic heterocycles. The van der Waals surface area contributed by atoms with Crippen molar-refractivity contribution in [3.8, 4) is 5.75 Å². The quantitative estimate of drug-likeness (QED) is 0.471. The monoisotopic (exact) mass is 413 g/mol. The lowest BCUT2D eigenvalue weighted by Gasteiger charge is -2.09. The van der Waals surface area contributed by atoms with Crippen LogP contribution in [-0.4, -0.2) is 20.5 Å². The van der Waals surface area contributed by atoms with Gasteiger partial charge in [0.1, 0.15) is 5.52 Å². The van der Waals surface area contributed by atoms with Crippen molar-refractivity contribution in [2.45, 2.75) is 0 Å². The first-order valence-corrected chi connectivity index (χ1v) is 7.81. The van der Waals surface area contributed by atoms with Gasteiger partial charge in [0.05, 0.1) is 4.47 Å². The van der Waals surface area contributed by atoms with Gasteiger partial charge in [0.2, 0.25) is 0 Å². The van der Waals surface area contributed by atoms with Gasteiger partial charge < -0.3 is 4.74 Å². The van der Waals surface area contributed by atoms with E-state index in [2.05, 4.69) is 46.4 Å². The normalized spacial score (nSPS) is 10.7. The van der Waals surface area contributed by atoms with Crippen LogP contribution in [0.4, 0.5) is 0 Å². The summed E-state index contributed by atoms with van der Waals surface area (Å²) in [7, 11) is 0. The summed E-state index contributed by atoms with van der Waals surface area (Å²) in [5.74, 6) is -0.199. The molecular formula is C12H5Br2N3O2S. The molecule has 0 bridgehead atoms. The number of fused-ring (bicyclic) bond motifs is 1. The molecule has 0 N–H and O–H groups in total. The van der Waals surface area contributed by atoms with E-state index in [0.717, 1.165) is 21.4 Å². The molecule has 0 radical (unpaired) electrons. The SMILES string of the molecule is O=C(Oc1c(Br)cc(Br)c2cccnc12)c1csnn1. The number of hydrogen-bond donors (Lipinski definition) is 0. The lowest BCUT2D eigenvalue weighted by Crippen LogP contribution is -2.10. The van der Waals surface area contributed by atoms with Crippen molar-refractivity contribution >= 4 is 60.3 Å². The van der Waals surface area contributed by atoms with E-state index in [0.29, 0.717) is 15.7 Å². The minimum Gasteiger partial charge on any atom is -0.418 e. The van der Waals surface area contributed by atoms with Gasteiger partial charge in [-0.15, -0.1) is 5.10 Å².